The fourth-order valence-corrected chi connectivity index (χ4v) is 4.53. The number of aromatic nitrogens is 4. The lowest BCUT2D eigenvalue weighted by molar-refractivity contribution is 0.107. The lowest BCUT2D eigenvalue weighted by atomic mass is 9.83. The minimum Gasteiger partial charge on any atom is -0.422 e. The Bertz CT molecular complexity index is 1190. The fraction of sp³-hybridized carbons (Fsp3) is 0.348. The zero-order chi connectivity index (χ0) is 21.5. The van der Waals surface area contributed by atoms with Crippen LogP contribution in [0.5, 0.6) is 5.88 Å². The van der Waals surface area contributed by atoms with Gasteiger partial charge < -0.3 is 19.8 Å². The molecule has 8 heteroatoms. The molecule has 2 atom stereocenters. The molecule has 4 heterocycles. The van der Waals surface area contributed by atoms with Gasteiger partial charge in [-0.2, -0.15) is 10.4 Å². The van der Waals surface area contributed by atoms with Gasteiger partial charge in [0.05, 0.1) is 17.2 Å². The zero-order valence-electron chi connectivity index (χ0n) is 17.6. The van der Waals surface area contributed by atoms with E-state index in [1.165, 1.54) is 0 Å². The smallest absolute Gasteiger partial charge is 0.224 e. The number of nitriles is 1. The molecule has 8 nitrogen and oxygen atoms in total. The molecule has 2 aliphatic rings. The lowest BCUT2D eigenvalue weighted by Crippen LogP contribution is -2.22. The van der Waals surface area contributed by atoms with Crippen molar-refractivity contribution in [2.24, 2.45) is 12.8 Å². The van der Waals surface area contributed by atoms with Crippen LogP contribution in [0.15, 0.2) is 48.1 Å². The van der Waals surface area contributed by atoms with Crippen LogP contribution < -0.4 is 10.5 Å². The number of benzene rings is 1. The summed E-state index contributed by atoms with van der Waals surface area (Å²) in [5.74, 6) is 1.33. The van der Waals surface area contributed by atoms with Crippen LogP contribution in [0.4, 0.5) is 0 Å². The summed E-state index contributed by atoms with van der Waals surface area (Å²) in [5, 5.41) is 14.6. The molecule has 0 bridgehead atoms. The Hall–Kier alpha value is -3.57. The normalized spacial score (nSPS) is 20.4. The third-order valence-electron chi connectivity index (χ3n) is 6.00. The van der Waals surface area contributed by atoms with E-state index in [2.05, 4.69) is 22.5 Å². The number of fused-ring (bicyclic) bond motifs is 1. The quantitative estimate of drug-likeness (QED) is 0.700. The van der Waals surface area contributed by atoms with Crippen molar-refractivity contribution in [2.75, 3.05) is 6.61 Å². The molecule has 0 spiro atoms. The van der Waals surface area contributed by atoms with Gasteiger partial charge in [0.1, 0.15) is 23.6 Å². The number of hydrogen-bond donors (Lipinski definition) is 1. The molecule has 1 aromatic carbocycles. The Labute approximate surface area is 180 Å². The molecule has 1 saturated heterocycles. The minimum atomic E-state index is -0.357. The molecule has 158 valence electrons. The molecule has 2 N–H and O–H groups in total. The highest BCUT2D eigenvalue weighted by atomic mass is 16.5. The Morgan fingerprint density at radius 2 is 2.10 bits per heavy atom. The van der Waals surface area contributed by atoms with Gasteiger partial charge in [-0.05, 0) is 30.5 Å². The third kappa shape index (κ3) is 3.09. The van der Waals surface area contributed by atoms with Crippen molar-refractivity contribution in [1.29, 1.82) is 5.26 Å². The second kappa shape index (κ2) is 7.60. The molecule has 2 unspecified atom stereocenters. The standard InChI is InChI=1S/C23H24N6O2/c1-3-18-26-10-11-29(18)15-8-6-14(7-9-15)19-16(13-24)22(25)31-23-20(19)21(27-28(23)2)17-5-4-12-30-17/h6-11,17,19H,3-5,12,25H2,1-2H3. The first-order chi connectivity index (χ1) is 15.1. The monoisotopic (exact) mass is 416 g/mol. The third-order valence-corrected chi connectivity index (χ3v) is 6.00. The van der Waals surface area contributed by atoms with Crippen LogP contribution in [0, 0.1) is 11.3 Å². The van der Waals surface area contributed by atoms with Crippen LogP contribution in [-0.4, -0.2) is 25.9 Å². The highest BCUT2D eigenvalue weighted by molar-refractivity contribution is 5.56. The number of rotatable bonds is 4. The van der Waals surface area contributed by atoms with E-state index in [4.69, 9.17) is 20.3 Å². The van der Waals surface area contributed by atoms with Gasteiger partial charge >= 0.3 is 0 Å². The summed E-state index contributed by atoms with van der Waals surface area (Å²) < 4.78 is 15.5. The van der Waals surface area contributed by atoms with Gasteiger partial charge in [0.2, 0.25) is 11.8 Å². The number of nitrogens with two attached hydrogens (primary N) is 1. The SMILES string of the molecule is CCc1nccn1-c1ccc(C2C(C#N)=C(N)Oc3c2c(C2CCCO2)nn3C)cc1. The first-order valence-electron chi connectivity index (χ1n) is 10.5. The Morgan fingerprint density at radius 3 is 2.77 bits per heavy atom. The van der Waals surface area contributed by atoms with E-state index in [0.29, 0.717) is 18.1 Å². The lowest BCUT2D eigenvalue weighted by Gasteiger charge is -2.25. The Balaban J connectivity index is 1.62. The topological polar surface area (TPSA) is 104 Å². The van der Waals surface area contributed by atoms with Crippen molar-refractivity contribution < 1.29 is 9.47 Å². The van der Waals surface area contributed by atoms with Gasteiger partial charge in [0.25, 0.3) is 0 Å². The molecule has 31 heavy (non-hydrogen) atoms. The van der Waals surface area contributed by atoms with E-state index in [1.54, 1.807) is 10.9 Å². The maximum atomic E-state index is 9.92. The van der Waals surface area contributed by atoms with Gasteiger partial charge in [0, 0.05) is 38.2 Å². The largest absolute Gasteiger partial charge is 0.422 e. The van der Waals surface area contributed by atoms with Crippen LogP contribution in [-0.2, 0) is 18.2 Å². The molecule has 3 aromatic rings. The van der Waals surface area contributed by atoms with E-state index < -0.39 is 0 Å². The summed E-state index contributed by atoms with van der Waals surface area (Å²) in [6.07, 6.45) is 6.39. The van der Waals surface area contributed by atoms with Gasteiger partial charge in [-0.15, -0.1) is 0 Å². The molecule has 0 aliphatic carbocycles. The van der Waals surface area contributed by atoms with Crippen molar-refractivity contribution in [3.63, 3.8) is 0 Å². The predicted octanol–water partition coefficient (Wildman–Crippen LogP) is 3.24. The van der Waals surface area contributed by atoms with Crippen molar-refractivity contribution in [3.05, 3.63) is 70.8 Å². The summed E-state index contributed by atoms with van der Waals surface area (Å²) in [6, 6.07) is 10.4. The summed E-state index contributed by atoms with van der Waals surface area (Å²) in [5.41, 5.74) is 10.2. The van der Waals surface area contributed by atoms with E-state index >= 15 is 0 Å². The van der Waals surface area contributed by atoms with Gasteiger partial charge in [-0.3, -0.25) is 0 Å². The summed E-state index contributed by atoms with van der Waals surface area (Å²) in [4.78, 5) is 4.40. The summed E-state index contributed by atoms with van der Waals surface area (Å²) in [7, 11) is 1.83. The van der Waals surface area contributed by atoms with Gasteiger partial charge in [-0.1, -0.05) is 19.1 Å². The highest BCUT2D eigenvalue weighted by Crippen LogP contribution is 2.47. The van der Waals surface area contributed by atoms with E-state index in [1.807, 2.05) is 37.5 Å². The van der Waals surface area contributed by atoms with Crippen LogP contribution >= 0.6 is 0 Å². The highest BCUT2D eigenvalue weighted by Gasteiger charge is 2.39. The molecule has 2 aromatic heterocycles. The zero-order valence-corrected chi connectivity index (χ0v) is 17.6. The molecule has 0 amide bonds. The number of ether oxygens (including phenoxy) is 2. The molecule has 0 radical (unpaired) electrons. The first kappa shape index (κ1) is 19.4. The van der Waals surface area contributed by atoms with Crippen molar-refractivity contribution in [2.45, 2.75) is 38.2 Å². The first-order valence-corrected chi connectivity index (χ1v) is 10.5. The van der Waals surface area contributed by atoms with E-state index in [0.717, 1.165) is 47.6 Å². The minimum absolute atomic E-state index is 0.0994. The molecule has 5 rings (SSSR count). The van der Waals surface area contributed by atoms with E-state index in [9.17, 15) is 5.26 Å². The second-order valence-corrected chi connectivity index (χ2v) is 7.81. The van der Waals surface area contributed by atoms with Gasteiger partial charge in [0.15, 0.2) is 0 Å². The Kier molecular flexibility index (Phi) is 4.75. The number of imidazole rings is 1. The summed E-state index contributed by atoms with van der Waals surface area (Å²) >= 11 is 0. The molecule has 0 saturated carbocycles. The predicted molar refractivity (Wildman–Crippen MR) is 113 cm³/mol. The molecular formula is C23H24N6O2. The summed E-state index contributed by atoms with van der Waals surface area (Å²) in [6.45, 7) is 2.79. The number of allylic oxidation sites excluding steroid dienone is 1. The molecule has 1 fully saturated rings. The van der Waals surface area contributed by atoms with Crippen LogP contribution in [0.25, 0.3) is 5.69 Å². The maximum Gasteiger partial charge on any atom is 0.224 e. The van der Waals surface area contributed by atoms with Crippen molar-refractivity contribution in [3.8, 4) is 17.6 Å². The van der Waals surface area contributed by atoms with E-state index in [-0.39, 0.29) is 17.9 Å². The average molecular weight is 416 g/mol. The molecular weight excluding hydrogens is 392 g/mol. The van der Waals surface area contributed by atoms with Crippen LogP contribution in [0.2, 0.25) is 0 Å². The number of aryl methyl sites for hydroxylation is 2. The molecule has 2 aliphatic heterocycles. The fourth-order valence-electron chi connectivity index (χ4n) is 4.53. The van der Waals surface area contributed by atoms with Crippen LogP contribution in [0.1, 0.15) is 54.4 Å². The number of nitrogens with zero attached hydrogens (tertiary/aromatic N) is 5. The Morgan fingerprint density at radius 1 is 1.29 bits per heavy atom. The van der Waals surface area contributed by atoms with Crippen LogP contribution in [0.3, 0.4) is 0 Å². The average Bonchev–Trinajstić information content (AvgIpc) is 3.53. The maximum absolute atomic E-state index is 9.92. The van der Waals surface area contributed by atoms with Crippen molar-refractivity contribution >= 4 is 0 Å². The van der Waals surface area contributed by atoms with Crippen molar-refractivity contribution in [1.82, 2.24) is 19.3 Å². The second-order valence-electron chi connectivity index (χ2n) is 7.81. The number of hydrogen-bond acceptors (Lipinski definition) is 6. The van der Waals surface area contributed by atoms with Gasteiger partial charge in [-0.25, -0.2) is 9.67 Å².